The summed E-state index contributed by atoms with van der Waals surface area (Å²) in [5.74, 6) is 2.34. The first-order valence-corrected chi connectivity index (χ1v) is 7.94. The van der Waals surface area contributed by atoms with E-state index >= 15 is 0 Å². The average Bonchev–Trinajstić information content (AvgIpc) is 3.29. The second kappa shape index (κ2) is 6.02. The maximum Gasteiger partial charge on any atom is 0.162 e. The fraction of sp³-hybridized carbons (Fsp3) is 0.412. The van der Waals surface area contributed by atoms with Crippen LogP contribution < -0.4 is 5.32 Å². The van der Waals surface area contributed by atoms with Gasteiger partial charge in [-0.15, -0.1) is 0 Å². The normalized spacial score (nSPS) is 14.2. The summed E-state index contributed by atoms with van der Waals surface area (Å²) >= 11 is 6.04. The number of nitrogens with one attached hydrogen (secondary N) is 1. The molecular formula is C17H20ClN3. The van der Waals surface area contributed by atoms with Gasteiger partial charge in [-0.05, 0) is 49.9 Å². The van der Waals surface area contributed by atoms with Crippen molar-refractivity contribution in [3.05, 3.63) is 40.5 Å². The van der Waals surface area contributed by atoms with E-state index < -0.39 is 0 Å². The van der Waals surface area contributed by atoms with Crippen LogP contribution in [0.3, 0.4) is 0 Å². The topological polar surface area (TPSA) is 37.8 Å². The van der Waals surface area contributed by atoms with Gasteiger partial charge < -0.3 is 5.32 Å². The van der Waals surface area contributed by atoms with Crippen molar-refractivity contribution in [2.24, 2.45) is 0 Å². The predicted octanol–water partition coefficient (Wildman–Crippen LogP) is 4.80. The van der Waals surface area contributed by atoms with Gasteiger partial charge >= 0.3 is 0 Å². The number of halogens is 1. The SMILES string of the molecule is CCCNc1cc(C2CC2)nc(-c2ccc(Cl)cc2C)n1. The Morgan fingerprint density at radius 1 is 1.24 bits per heavy atom. The molecule has 1 aliphatic carbocycles. The predicted molar refractivity (Wildman–Crippen MR) is 88.0 cm³/mol. The molecule has 0 unspecified atom stereocenters. The lowest BCUT2D eigenvalue weighted by molar-refractivity contribution is 0.947. The van der Waals surface area contributed by atoms with Crippen molar-refractivity contribution in [1.29, 1.82) is 0 Å². The number of benzene rings is 1. The summed E-state index contributed by atoms with van der Waals surface area (Å²) in [7, 11) is 0. The lowest BCUT2D eigenvalue weighted by Crippen LogP contribution is -2.05. The van der Waals surface area contributed by atoms with Gasteiger partial charge in [0.15, 0.2) is 5.82 Å². The molecule has 0 amide bonds. The molecule has 1 saturated carbocycles. The van der Waals surface area contributed by atoms with Gasteiger partial charge in [0, 0.05) is 34.8 Å². The second-order valence-corrected chi connectivity index (χ2v) is 6.10. The maximum atomic E-state index is 6.04. The van der Waals surface area contributed by atoms with Crippen LogP contribution in [-0.4, -0.2) is 16.5 Å². The number of aryl methyl sites for hydroxylation is 1. The molecule has 0 saturated heterocycles. The number of hydrogen-bond donors (Lipinski definition) is 1. The van der Waals surface area contributed by atoms with E-state index in [0.717, 1.165) is 46.5 Å². The third kappa shape index (κ3) is 3.35. The van der Waals surface area contributed by atoms with Crippen molar-refractivity contribution >= 4 is 17.4 Å². The van der Waals surface area contributed by atoms with Crippen LogP contribution in [0.15, 0.2) is 24.3 Å². The van der Waals surface area contributed by atoms with Crippen molar-refractivity contribution in [3.8, 4) is 11.4 Å². The molecule has 21 heavy (non-hydrogen) atoms. The minimum Gasteiger partial charge on any atom is -0.370 e. The van der Waals surface area contributed by atoms with Crippen LogP contribution >= 0.6 is 11.6 Å². The summed E-state index contributed by atoms with van der Waals surface area (Å²) in [6.07, 6.45) is 3.56. The third-order valence-corrected chi connectivity index (χ3v) is 3.96. The minimum absolute atomic E-state index is 0.613. The van der Waals surface area contributed by atoms with Crippen molar-refractivity contribution < 1.29 is 0 Å². The summed E-state index contributed by atoms with van der Waals surface area (Å²) in [6, 6.07) is 7.97. The van der Waals surface area contributed by atoms with E-state index in [1.807, 2.05) is 25.1 Å². The van der Waals surface area contributed by atoms with Crippen molar-refractivity contribution in [2.45, 2.75) is 39.0 Å². The molecule has 4 heteroatoms. The minimum atomic E-state index is 0.613. The third-order valence-electron chi connectivity index (χ3n) is 3.73. The maximum absolute atomic E-state index is 6.04. The van der Waals surface area contributed by atoms with Crippen molar-refractivity contribution in [3.63, 3.8) is 0 Å². The van der Waals surface area contributed by atoms with Gasteiger partial charge in [0.2, 0.25) is 0 Å². The Morgan fingerprint density at radius 3 is 2.71 bits per heavy atom. The molecule has 1 aliphatic rings. The Labute approximate surface area is 130 Å². The van der Waals surface area contributed by atoms with Crippen LogP contribution in [0.1, 0.15) is 43.4 Å². The standard InChI is InChI=1S/C17H20ClN3/c1-3-8-19-16-10-15(12-4-5-12)20-17(21-16)14-7-6-13(18)9-11(14)2/h6-7,9-10,12H,3-5,8H2,1-2H3,(H,19,20,21). The molecule has 3 nitrogen and oxygen atoms in total. The van der Waals surface area contributed by atoms with Crippen molar-refractivity contribution in [2.75, 3.05) is 11.9 Å². The molecule has 0 radical (unpaired) electrons. The molecule has 0 spiro atoms. The van der Waals surface area contributed by atoms with Crippen LogP contribution in [-0.2, 0) is 0 Å². The average molecular weight is 302 g/mol. The highest BCUT2D eigenvalue weighted by Gasteiger charge is 2.26. The van der Waals surface area contributed by atoms with Crippen molar-refractivity contribution in [1.82, 2.24) is 9.97 Å². The quantitative estimate of drug-likeness (QED) is 0.861. The van der Waals surface area contributed by atoms with Crippen LogP contribution in [0.25, 0.3) is 11.4 Å². The zero-order valence-corrected chi connectivity index (χ0v) is 13.2. The van der Waals surface area contributed by atoms with Gasteiger partial charge in [-0.25, -0.2) is 9.97 Å². The smallest absolute Gasteiger partial charge is 0.162 e. The van der Waals surface area contributed by atoms with E-state index in [4.69, 9.17) is 16.6 Å². The van der Waals surface area contributed by atoms with Gasteiger partial charge in [-0.1, -0.05) is 18.5 Å². The molecule has 1 N–H and O–H groups in total. The van der Waals surface area contributed by atoms with Gasteiger partial charge in [-0.2, -0.15) is 0 Å². The first-order valence-electron chi connectivity index (χ1n) is 7.56. The lowest BCUT2D eigenvalue weighted by atomic mass is 10.1. The van der Waals surface area contributed by atoms with E-state index in [9.17, 15) is 0 Å². The van der Waals surface area contributed by atoms with Gasteiger partial charge in [0.05, 0.1) is 0 Å². The van der Waals surface area contributed by atoms with E-state index in [1.54, 1.807) is 0 Å². The molecule has 0 atom stereocenters. The highest BCUT2D eigenvalue weighted by atomic mass is 35.5. The monoisotopic (exact) mass is 301 g/mol. The van der Waals surface area contributed by atoms with E-state index in [1.165, 1.54) is 12.8 Å². The summed E-state index contributed by atoms with van der Waals surface area (Å²) in [4.78, 5) is 9.45. The fourth-order valence-electron chi connectivity index (χ4n) is 2.40. The molecule has 1 aromatic heterocycles. The summed E-state index contributed by atoms with van der Waals surface area (Å²) in [5, 5.41) is 4.13. The Morgan fingerprint density at radius 2 is 2.05 bits per heavy atom. The first kappa shape index (κ1) is 14.3. The molecule has 1 aromatic carbocycles. The number of hydrogen-bond acceptors (Lipinski definition) is 3. The lowest BCUT2D eigenvalue weighted by Gasteiger charge is -2.11. The Bertz CT molecular complexity index is 650. The molecule has 1 heterocycles. The summed E-state index contributed by atoms with van der Waals surface area (Å²) < 4.78 is 0. The Balaban J connectivity index is 2.01. The molecule has 3 rings (SSSR count). The van der Waals surface area contributed by atoms with Crippen LogP contribution in [0.5, 0.6) is 0 Å². The highest BCUT2D eigenvalue weighted by molar-refractivity contribution is 6.30. The molecule has 1 fully saturated rings. The summed E-state index contributed by atoms with van der Waals surface area (Å²) in [5.41, 5.74) is 3.33. The van der Waals surface area contributed by atoms with Crippen LogP contribution in [0, 0.1) is 6.92 Å². The van der Waals surface area contributed by atoms with E-state index in [0.29, 0.717) is 5.92 Å². The Hall–Kier alpha value is -1.61. The number of rotatable bonds is 5. The van der Waals surface area contributed by atoms with Gasteiger partial charge in [-0.3, -0.25) is 0 Å². The fourth-order valence-corrected chi connectivity index (χ4v) is 2.62. The molecule has 0 aliphatic heterocycles. The number of aromatic nitrogens is 2. The highest BCUT2D eigenvalue weighted by Crippen LogP contribution is 2.40. The second-order valence-electron chi connectivity index (χ2n) is 5.66. The first-order chi connectivity index (χ1) is 10.2. The van der Waals surface area contributed by atoms with Gasteiger partial charge in [0.25, 0.3) is 0 Å². The van der Waals surface area contributed by atoms with Gasteiger partial charge in [0.1, 0.15) is 5.82 Å². The van der Waals surface area contributed by atoms with E-state index in [-0.39, 0.29) is 0 Å². The number of anilines is 1. The van der Waals surface area contributed by atoms with Crippen LogP contribution in [0.2, 0.25) is 5.02 Å². The zero-order chi connectivity index (χ0) is 14.8. The van der Waals surface area contributed by atoms with Crippen LogP contribution in [0.4, 0.5) is 5.82 Å². The Kier molecular flexibility index (Phi) is 4.11. The number of nitrogens with zero attached hydrogens (tertiary/aromatic N) is 2. The molecule has 2 aromatic rings. The molecule has 110 valence electrons. The molecule has 0 bridgehead atoms. The largest absolute Gasteiger partial charge is 0.370 e. The summed E-state index contributed by atoms with van der Waals surface area (Å²) in [6.45, 7) is 5.13. The van der Waals surface area contributed by atoms with E-state index in [2.05, 4.69) is 23.3 Å². The molecular weight excluding hydrogens is 282 g/mol. The zero-order valence-electron chi connectivity index (χ0n) is 12.5.